The average molecular weight is 763 g/mol. The summed E-state index contributed by atoms with van der Waals surface area (Å²) in [6, 6.07) is 53.6. The van der Waals surface area contributed by atoms with Crippen LogP contribution in [-0.4, -0.2) is 16.6 Å². The van der Waals surface area contributed by atoms with Crippen molar-refractivity contribution >= 4 is 69.8 Å². The Morgan fingerprint density at radius 3 is 0.556 bits per heavy atom. The largest absolute Gasteiger partial charge is 0.305 e. The van der Waals surface area contributed by atoms with Crippen LogP contribution in [0.15, 0.2) is 200 Å². The quantitative estimate of drug-likeness (QED) is 0.117. The highest BCUT2D eigenvalue weighted by molar-refractivity contribution is 7.94. The minimum atomic E-state index is -4.15. The molecule has 0 saturated heterocycles. The van der Waals surface area contributed by atoms with Gasteiger partial charge in [0.1, 0.15) is 0 Å². The standard InChI is InChI=1S/C45H33O6P3/c46-43(52(49,37-19-7-1-8-20-37)38-21-9-2-10-22-38)34-31-35(44(47)53(50,39-23-11-3-12-24-39)40-25-13-4-14-26-40)33-36(32-34)45(48)54(51,41-27-15-5-16-28-41)42-29-17-6-18-30-42/h1-33H. The van der Waals surface area contributed by atoms with Gasteiger partial charge in [-0.1, -0.05) is 182 Å². The molecule has 0 aliphatic carbocycles. The molecule has 7 rings (SSSR count). The summed E-state index contributed by atoms with van der Waals surface area (Å²) in [6.07, 6.45) is 0. The zero-order valence-corrected chi connectivity index (χ0v) is 31.5. The highest BCUT2D eigenvalue weighted by Crippen LogP contribution is 2.51. The van der Waals surface area contributed by atoms with Crippen molar-refractivity contribution in [2.75, 3.05) is 0 Å². The van der Waals surface area contributed by atoms with Crippen molar-refractivity contribution < 1.29 is 28.1 Å². The van der Waals surface area contributed by atoms with E-state index in [1.54, 1.807) is 182 Å². The van der Waals surface area contributed by atoms with E-state index < -0.39 is 38.0 Å². The maximum atomic E-state index is 15.3. The summed E-state index contributed by atoms with van der Waals surface area (Å²) in [5.74, 6) is 0. The van der Waals surface area contributed by atoms with Crippen LogP contribution in [0.3, 0.4) is 0 Å². The fourth-order valence-corrected chi connectivity index (χ4v) is 13.9. The van der Waals surface area contributed by atoms with E-state index >= 15 is 13.7 Å². The molecule has 7 aromatic rings. The molecule has 0 fully saturated rings. The predicted molar refractivity (Wildman–Crippen MR) is 219 cm³/mol. The summed E-state index contributed by atoms with van der Waals surface area (Å²) in [6.45, 7) is 0. The van der Waals surface area contributed by atoms with Crippen molar-refractivity contribution in [3.63, 3.8) is 0 Å². The normalized spacial score (nSPS) is 11.8. The van der Waals surface area contributed by atoms with Crippen LogP contribution >= 0.6 is 21.4 Å². The third-order valence-electron chi connectivity index (χ3n) is 9.25. The molecule has 0 unspecified atom stereocenters. The van der Waals surface area contributed by atoms with Crippen molar-refractivity contribution in [1.82, 2.24) is 0 Å². The Morgan fingerprint density at radius 2 is 0.407 bits per heavy atom. The van der Waals surface area contributed by atoms with Gasteiger partial charge in [-0.3, -0.25) is 14.4 Å². The Morgan fingerprint density at radius 1 is 0.259 bits per heavy atom. The Labute approximate surface area is 313 Å². The van der Waals surface area contributed by atoms with E-state index in [1.807, 2.05) is 0 Å². The number of benzene rings is 7. The van der Waals surface area contributed by atoms with Gasteiger partial charge in [-0.05, 0) is 18.2 Å². The van der Waals surface area contributed by atoms with Gasteiger partial charge in [0.25, 0.3) is 0 Å². The lowest BCUT2D eigenvalue weighted by atomic mass is 10.1. The first-order valence-electron chi connectivity index (χ1n) is 17.1. The molecular formula is C45H33O6P3. The summed E-state index contributed by atoms with van der Waals surface area (Å²) in [7, 11) is -12.5. The van der Waals surface area contributed by atoms with Crippen LogP contribution in [0.1, 0.15) is 31.1 Å². The molecule has 0 N–H and O–H groups in total. The molecule has 0 radical (unpaired) electrons. The summed E-state index contributed by atoms with van der Waals surface area (Å²) in [5, 5.41) is 1.52. The van der Waals surface area contributed by atoms with Crippen molar-refractivity contribution in [3.8, 4) is 0 Å². The first-order chi connectivity index (χ1) is 26.2. The van der Waals surface area contributed by atoms with Crippen LogP contribution in [0.2, 0.25) is 0 Å². The van der Waals surface area contributed by atoms with E-state index in [0.29, 0.717) is 0 Å². The maximum Gasteiger partial charge on any atom is 0.230 e. The number of hydrogen-bond donors (Lipinski definition) is 0. The molecule has 0 heterocycles. The zero-order chi connectivity index (χ0) is 37.8. The van der Waals surface area contributed by atoms with Crippen molar-refractivity contribution in [2.24, 2.45) is 0 Å². The van der Waals surface area contributed by atoms with E-state index in [4.69, 9.17) is 0 Å². The molecule has 0 saturated carbocycles. The molecule has 264 valence electrons. The van der Waals surface area contributed by atoms with Crippen LogP contribution in [-0.2, 0) is 13.7 Å². The van der Waals surface area contributed by atoms with E-state index in [2.05, 4.69) is 0 Å². The monoisotopic (exact) mass is 762 g/mol. The van der Waals surface area contributed by atoms with Crippen molar-refractivity contribution in [2.45, 2.75) is 0 Å². The van der Waals surface area contributed by atoms with Crippen LogP contribution < -0.4 is 31.8 Å². The second-order valence-electron chi connectivity index (χ2n) is 12.6. The lowest BCUT2D eigenvalue weighted by Gasteiger charge is -2.22. The smallest absolute Gasteiger partial charge is 0.230 e. The molecule has 0 atom stereocenters. The summed E-state index contributed by atoms with van der Waals surface area (Å²) in [5.41, 5.74) is -3.19. The van der Waals surface area contributed by atoms with E-state index in [-0.39, 0.29) is 48.5 Å². The van der Waals surface area contributed by atoms with Gasteiger partial charge in [-0.2, -0.15) is 0 Å². The van der Waals surface area contributed by atoms with Crippen LogP contribution in [0, 0.1) is 0 Å². The Kier molecular flexibility index (Phi) is 10.4. The molecule has 0 aliphatic heterocycles. The van der Waals surface area contributed by atoms with Crippen molar-refractivity contribution in [3.05, 3.63) is 217 Å². The molecule has 54 heavy (non-hydrogen) atoms. The summed E-state index contributed by atoms with van der Waals surface area (Å²) < 4.78 is 46.0. The van der Waals surface area contributed by atoms with Crippen molar-refractivity contribution in [1.29, 1.82) is 0 Å². The van der Waals surface area contributed by atoms with Gasteiger partial charge in [-0.15, -0.1) is 0 Å². The molecule has 0 spiro atoms. The van der Waals surface area contributed by atoms with Gasteiger partial charge in [0.05, 0.1) is 0 Å². The van der Waals surface area contributed by atoms with Gasteiger partial charge in [0.15, 0.2) is 0 Å². The predicted octanol–water partition coefficient (Wildman–Crippen LogP) is 8.15. The molecule has 0 bridgehead atoms. The second kappa shape index (κ2) is 15.3. The Hall–Kier alpha value is -5.76. The van der Waals surface area contributed by atoms with Crippen LogP contribution in [0.5, 0.6) is 0 Å². The topological polar surface area (TPSA) is 102 Å². The lowest BCUT2D eigenvalue weighted by molar-refractivity contribution is 0.107. The third-order valence-corrected chi connectivity index (χ3v) is 17.9. The van der Waals surface area contributed by atoms with Crippen LogP contribution in [0.25, 0.3) is 0 Å². The minimum absolute atomic E-state index is 0.222. The van der Waals surface area contributed by atoms with Gasteiger partial charge in [0.2, 0.25) is 38.0 Å². The third kappa shape index (κ3) is 6.55. The fraction of sp³-hybridized carbons (Fsp3) is 0. The molecule has 7 aromatic carbocycles. The second-order valence-corrected chi connectivity index (χ2v) is 20.5. The minimum Gasteiger partial charge on any atom is -0.305 e. The fourth-order valence-electron chi connectivity index (χ4n) is 6.52. The first-order valence-corrected chi connectivity index (χ1v) is 22.2. The van der Waals surface area contributed by atoms with E-state index in [1.165, 1.54) is 18.2 Å². The van der Waals surface area contributed by atoms with Gasteiger partial charge in [-0.25, -0.2) is 0 Å². The highest BCUT2D eigenvalue weighted by atomic mass is 31.2. The Bertz CT molecular complexity index is 2180. The number of carbonyl (C=O) groups excluding carboxylic acids is 3. The number of hydrogen-bond acceptors (Lipinski definition) is 6. The van der Waals surface area contributed by atoms with E-state index in [9.17, 15) is 14.4 Å². The maximum absolute atomic E-state index is 15.3. The van der Waals surface area contributed by atoms with E-state index in [0.717, 1.165) is 0 Å². The molecule has 0 aliphatic rings. The van der Waals surface area contributed by atoms with Gasteiger partial charge < -0.3 is 13.7 Å². The highest BCUT2D eigenvalue weighted by Gasteiger charge is 2.42. The van der Waals surface area contributed by atoms with Gasteiger partial charge >= 0.3 is 0 Å². The Balaban J connectivity index is 1.50. The number of carbonyl (C=O) groups is 3. The summed E-state index contributed by atoms with van der Waals surface area (Å²) >= 11 is 0. The molecule has 9 heteroatoms. The molecule has 0 aromatic heterocycles. The van der Waals surface area contributed by atoms with Gasteiger partial charge in [0, 0.05) is 48.5 Å². The van der Waals surface area contributed by atoms with Crippen LogP contribution in [0.4, 0.5) is 0 Å². The summed E-state index contributed by atoms with van der Waals surface area (Å²) in [4.78, 5) is 44.9. The molecular weight excluding hydrogens is 729 g/mol. The number of rotatable bonds is 12. The molecule has 0 amide bonds. The average Bonchev–Trinajstić information content (AvgIpc) is 3.26. The first kappa shape index (κ1) is 36.6. The lowest BCUT2D eigenvalue weighted by Crippen LogP contribution is -2.26. The molecule has 6 nitrogen and oxygen atoms in total. The zero-order valence-electron chi connectivity index (χ0n) is 28.8. The SMILES string of the molecule is O=C(c1cc(C(=O)P(=O)(c2ccccc2)c2ccccc2)cc(C(=O)P(=O)(c2ccccc2)c2ccccc2)c1)P(=O)(c1ccccc1)c1ccccc1.